The Kier molecular flexibility index (Phi) is 5.63. The number of benzene rings is 1. The van der Waals surface area contributed by atoms with Gasteiger partial charge in [-0.1, -0.05) is 11.6 Å². The fraction of sp³-hybridized carbons (Fsp3) is 0.385. The third kappa shape index (κ3) is 4.79. The van der Waals surface area contributed by atoms with E-state index in [2.05, 4.69) is 10.6 Å². The Morgan fingerprint density at radius 3 is 2.68 bits per heavy atom. The largest absolute Gasteiger partial charge is 0.484 e. The predicted molar refractivity (Wildman–Crippen MR) is 73.4 cm³/mol. The van der Waals surface area contributed by atoms with Gasteiger partial charge in [0.2, 0.25) is 5.91 Å². The molecule has 0 bridgehead atoms. The molecule has 2 N–H and O–H groups in total. The van der Waals surface area contributed by atoms with Gasteiger partial charge in [0.1, 0.15) is 11.8 Å². The van der Waals surface area contributed by atoms with Crippen LogP contribution in [-0.2, 0) is 9.59 Å². The topological polar surface area (TPSA) is 67.4 Å². The first-order valence-corrected chi connectivity index (χ1v) is 6.21. The normalized spacial score (nSPS) is 11.6. The molecule has 0 unspecified atom stereocenters. The Balaban J connectivity index is 2.48. The quantitative estimate of drug-likeness (QED) is 0.856. The van der Waals surface area contributed by atoms with E-state index in [1.54, 1.807) is 25.1 Å². The molecular formula is C13H17ClN2O3. The predicted octanol–water partition coefficient (Wildman–Crippen LogP) is 1.28. The number of rotatable bonds is 5. The number of nitrogens with one attached hydrogen (secondary N) is 2. The van der Waals surface area contributed by atoms with Crippen molar-refractivity contribution in [2.45, 2.75) is 19.9 Å². The molecular weight excluding hydrogens is 268 g/mol. The molecule has 0 saturated heterocycles. The molecule has 1 rings (SSSR count). The zero-order chi connectivity index (χ0) is 14.4. The van der Waals surface area contributed by atoms with Gasteiger partial charge < -0.3 is 15.4 Å². The molecule has 5 nitrogen and oxygen atoms in total. The Morgan fingerprint density at radius 1 is 1.42 bits per heavy atom. The van der Waals surface area contributed by atoms with Crippen LogP contribution >= 0.6 is 11.6 Å². The van der Waals surface area contributed by atoms with Gasteiger partial charge in [-0.05, 0) is 37.6 Å². The molecule has 0 heterocycles. The standard InChI is InChI=1S/C13H17ClN2O3/c1-8-6-10(14)4-5-11(8)19-7-12(17)16-9(2)13(18)15-3/h4-6,9H,7H2,1-3H3,(H,15,18)(H,16,17)/t9-/m1/s1. The lowest BCUT2D eigenvalue weighted by atomic mass is 10.2. The molecule has 0 fully saturated rings. The maximum atomic E-state index is 11.6. The van der Waals surface area contributed by atoms with Crippen molar-refractivity contribution >= 4 is 23.4 Å². The van der Waals surface area contributed by atoms with Crippen LogP contribution in [0.2, 0.25) is 5.02 Å². The highest BCUT2D eigenvalue weighted by atomic mass is 35.5. The molecule has 6 heteroatoms. The smallest absolute Gasteiger partial charge is 0.258 e. The molecule has 0 saturated carbocycles. The van der Waals surface area contributed by atoms with Crippen molar-refractivity contribution in [1.29, 1.82) is 0 Å². The second-order valence-corrected chi connectivity index (χ2v) is 4.54. The summed E-state index contributed by atoms with van der Waals surface area (Å²) in [4.78, 5) is 22.8. The highest BCUT2D eigenvalue weighted by molar-refractivity contribution is 6.30. The summed E-state index contributed by atoms with van der Waals surface area (Å²) < 4.78 is 5.37. The number of aryl methyl sites for hydroxylation is 1. The Hall–Kier alpha value is -1.75. The third-order valence-electron chi connectivity index (χ3n) is 2.51. The van der Waals surface area contributed by atoms with Gasteiger partial charge in [-0.3, -0.25) is 9.59 Å². The van der Waals surface area contributed by atoms with E-state index in [-0.39, 0.29) is 18.4 Å². The molecule has 1 aromatic carbocycles. The van der Waals surface area contributed by atoms with Crippen LogP contribution in [0.25, 0.3) is 0 Å². The van der Waals surface area contributed by atoms with Crippen LogP contribution in [0.15, 0.2) is 18.2 Å². The minimum atomic E-state index is -0.590. The molecule has 0 spiro atoms. The molecule has 104 valence electrons. The van der Waals surface area contributed by atoms with Crippen LogP contribution in [0.3, 0.4) is 0 Å². The number of hydrogen-bond donors (Lipinski definition) is 2. The summed E-state index contributed by atoms with van der Waals surface area (Å²) in [6, 6.07) is 4.55. The lowest BCUT2D eigenvalue weighted by Crippen LogP contribution is -2.45. The number of halogens is 1. The van der Waals surface area contributed by atoms with E-state index in [4.69, 9.17) is 16.3 Å². The summed E-state index contributed by atoms with van der Waals surface area (Å²) in [5.74, 6) is -0.0198. The van der Waals surface area contributed by atoms with E-state index in [9.17, 15) is 9.59 Å². The summed E-state index contributed by atoms with van der Waals surface area (Å²) in [5, 5.41) is 5.59. The molecule has 0 aliphatic heterocycles. The van der Waals surface area contributed by atoms with Crippen molar-refractivity contribution < 1.29 is 14.3 Å². The van der Waals surface area contributed by atoms with Crippen molar-refractivity contribution in [2.24, 2.45) is 0 Å². The second kappa shape index (κ2) is 6.99. The van der Waals surface area contributed by atoms with Crippen molar-refractivity contribution in [3.63, 3.8) is 0 Å². The van der Waals surface area contributed by atoms with Gasteiger partial charge in [0, 0.05) is 12.1 Å². The van der Waals surface area contributed by atoms with Crippen molar-refractivity contribution in [1.82, 2.24) is 10.6 Å². The van der Waals surface area contributed by atoms with E-state index in [1.807, 2.05) is 6.92 Å². The van der Waals surface area contributed by atoms with Gasteiger partial charge in [-0.15, -0.1) is 0 Å². The van der Waals surface area contributed by atoms with Gasteiger partial charge in [-0.2, -0.15) is 0 Å². The highest BCUT2D eigenvalue weighted by Crippen LogP contribution is 2.21. The summed E-state index contributed by atoms with van der Waals surface area (Å²) >= 11 is 5.82. The van der Waals surface area contributed by atoms with Gasteiger partial charge in [0.15, 0.2) is 6.61 Å². The van der Waals surface area contributed by atoms with Gasteiger partial charge in [0.05, 0.1) is 0 Å². The van der Waals surface area contributed by atoms with Crippen LogP contribution in [0, 0.1) is 6.92 Å². The number of likely N-dealkylation sites (N-methyl/N-ethyl adjacent to an activating group) is 1. The Bertz CT molecular complexity index is 477. The van der Waals surface area contributed by atoms with Crippen LogP contribution in [0.5, 0.6) is 5.75 Å². The maximum absolute atomic E-state index is 11.6. The fourth-order valence-electron chi connectivity index (χ4n) is 1.48. The first-order chi connectivity index (χ1) is 8.93. The van der Waals surface area contributed by atoms with Crippen LogP contribution in [0.4, 0.5) is 0 Å². The van der Waals surface area contributed by atoms with Gasteiger partial charge in [-0.25, -0.2) is 0 Å². The summed E-state index contributed by atoms with van der Waals surface area (Å²) in [5.41, 5.74) is 0.847. The zero-order valence-electron chi connectivity index (χ0n) is 11.1. The van der Waals surface area contributed by atoms with Crippen molar-refractivity contribution in [3.05, 3.63) is 28.8 Å². The Labute approximate surface area is 117 Å². The lowest BCUT2D eigenvalue weighted by Gasteiger charge is -2.13. The summed E-state index contributed by atoms with van der Waals surface area (Å²) in [6.45, 7) is 3.29. The van der Waals surface area contributed by atoms with Crippen LogP contribution in [0.1, 0.15) is 12.5 Å². The van der Waals surface area contributed by atoms with Crippen molar-refractivity contribution in [3.8, 4) is 5.75 Å². The monoisotopic (exact) mass is 284 g/mol. The molecule has 0 radical (unpaired) electrons. The van der Waals surface area contributed by atoms with E-state index >= 15 is 0 Å². The number of carbonyl (C=O) groups excluding carboxylic acids is 2. The maximum Gasteiger partial charge on any atom is 0.258 e. The third-order valence-corrected chi connectivity index (χ3v) is 2.75. The van der Waals surface area contributed by atoms with Crippen LogP contribution < -0.4 is 15.4 Å². The fourth-order valence-corrected chi connectivity index (χ4v) is 1.71. The Morgan fingerprint density at radius 2 is 2.11 bits per heavy atom. The molecule has 19 heavy (non-hydrogen) atoms. The first-order valence-electron chi connectivity index (χ1n) is 5.84. The van der Waals surface area contributed by atoms with E-state index < -0.39 is 6.04 Å². The summed E-state index contributed by atoms with van der Waals surface area (Å²) in [7, 11) is 1.51. The van der Waals surface area contributed by atoms with Gasteiger partial charge in [0.25, 0.3) is 5.91 Å². The number of hydrogen-bond acceptors (Lipinski definition) is 3. The van der Waals surface area contributed by atoms with E-state index in [1.165, 1.54) is 7.05 Å². The molecule has 2 amide bonds. The molecule has 0 aliphatic rings. The van der Waals surface area contributed by atoms with E-state index in [0.717, 1.165) is 5.56 Å². The number of amides is 2. The number of ether oxygens (including phenoxy) is 1. The minimum absolute atomic E-state index is 0.149. The SMILES string of the molecule is CNC(=O)[C@@H](C)NC(=O)COc1ccc(Cl)cc1C. The molecule has 0 aliphatic carbocycles. The first kappa shape index (κ1) is 15.3. The average molecular weight is 285 g/mol. The number of carbonyl (C=O) groups is 2. The average Bonchev–Trinajstić information content (AvgIpc) is 2.36. The van der Waals surface area contributed by atoms with Gasteiger partial charge >= 0.3 is 0 Å². The highest BCUT2D eigenvalue weighted by Gasteiger charge is 2.14. The van der Waals surface area contributed by atoms with Crippen LogP contribution in [-0.4, -0.2) is 31.5 Å². The second-order valence-electron chi connectivity index (χ2n) is 4.10. The molecule has 1 atom stereocenters. The molecule has 0 aromatic heterocycles. The zero-order valence-corrected chi connectivity index (χ0v) is 11.9. The van der Waals surface area contributed by atoms with E-state index in [0.29, 0.717) is 10.8 Å². The molecule has 1 aromatic rings. The van der Waals surface area contributed by atoms with Crippen molar-refractivity contribution in [2.75, 3.05) is 13.7 Å². The lowest BCUT2D eigenvalue weighted by molar-refractivity contribution is -0.129. The minimum Gasteiger partial charge on any atom is -0.484 e. The summed E-state index contributed by atoms with van der Waals surface area (Å²) in [6.07, 6.45) is 0.